The van der Waals surface area contributed by atoms with E-state index < -0.39 is 6.10 Å². The van der Waals surface area contributed by atoms with Gasteiger partial charge in [-0.05, 0) is 18.6 Å². The van der Waals surface area contributed by atoms with Crippen molar-refractivity contribution in [1.29, 1.82) is 0 Å². The molecule has 2 aromatic rings. The average Bonchev–Trinajstić information content (AvgIpc) is 2.38. The van der Waals surface area contributed by atoms with Gasteiger partial charge < -0.3 is 5.11 Å². The van der Waals surface area contributed by atoms with E-state index in [4.69, 9.17) is 0 Å². The van der Waals surface area contributed by atoms with Gasteiger partial charge >= 0.3 is 0 Å². The number of aliphatic hydroxyl groups is 1. The molecule has 90 valence electrons. The van der Waals surface area contributed by atoms with Crippen molar-refractivity contribution in [3.05, 3.63) is 42.1 Å². The third-order valence-corrected chi connectivity index (χ3v) is 3.04. The van der Waals surface area contributed by atoms with Gasteiger partial charge in [-0.2, -0.15) is 0 Å². The minimum absolute atomic E-state index is 0.425. The molecule has 0 aliphatic rings. The van der Waals surface area contributed by atoms with Gasteiger partial charge in [0.25, 0.3) is 0 Å². The molecule has 1 aromatic carbocycles. The van der Waals surface area contributed by atoms with Crippen LogP contribution >= 0.6 is 0 Å². The van der Waals surface area contributed by atoms with Crippen molar-refractivity contribution in [3.8, 4) is 0 Å². The van der Waals surface area contributed by atoms with Crippen molar-refractivity contribution in [1.82, 2.24) is 4.98 Å². The van der Waals surface area contributed by atoms with Crippen LogP contribution in [-0.2, 0) is 0 Å². The summed E-state index contributed by atoms with van der Waals surface area (Å²) in [6.45, 7) is 2.17. The van der Waals surface area contributed by atoms with Crippen molar-refractivity contribution < 1.29 is 5.11 Å². The zero-order valence-electron chi connectivity index (χ0n) is 10.3. The van der Waals surface area contributed by atoms with Crippen molar-refractivity contribution in [3.63, 3.8) is 0 Å². The van der Waals surface area contributed by atoms with Crippen LogP contribution in [0, 0.1) is 0 Å². The summed E-state index contributed by atoms with van der Waals surface area (Å²) in [5, 5.41) is 11.2. The number of aromatic nitrogens is 1. The van der Waals surface area contributed by atoms with Crippen LogP contribution in [0.3, 0.4) is 0 Å². The fourth-order valence-electron chi connectivity index (χ4n) is 2.00. The lowest BCUT2D eigenvalue weighted by molar-refractivity contribution is 0.159. The standard InChI is InChI=1S/C15H19NO/c1-2-3-4-9-15(17)14-11-10-12-7-5-6-8-13(12)16-14/h5-8,10-11,15,17H,2-4,9H2,1H3. The average molecular weight is 229 g/mol. The molecule has 0 amide bonds. The van der Waals surface area contributed by atoms with Crippen molar-refractivity contribution in [2.24, 2.45) is 0 Å². The zero-order valence-corrected chi connectivity index (χ0v) is 10.3. The van der Waals surface area contributed by atoms with Crippen LogP contribution < -0.4 is 0 Å². The maximum Gasteiger partial charge on any atom is 0.0960 e. The summed E-state index contributed by atoms with van der Waals surface area (Å²) in [5.41, 5.74) is 1.75. The Kier molecular flexibility index (Phi) is 4.10. The molecule has 17 heavy (non-hydrogen) atoms. The molecule has 1 heterocycles. The van der Waals surface area contributed by atoms with E-state index in [1.165, 1.54) is 12.8 Å². The number of benzene rings is 1. The Morgan fingerprint density at radius 2 is 1.94 bits per heavy atom. The molecule has 0 bridgehead atoms. The van der Waals surface area contributed by atoms with Crippen LogP contribution in [0.25, 0.3) is 10.9 Å². The predicted molar refractivity (Wildman–Crippen MR) is 70.8 cm³/mol. The molecular formula is C15H19NO. The number of hydrogen-bond acceptors (Lipinski definition) is 2. The highest BCUT2D eigenvalue weighted by Crippen LogP contribution is 2.20. The minimum Gasteiger partial charge on any atom is -0.387 e. The molecule has 1 N–H and O–H groups in total. The number of unbranched alkanes of at least 4 members (excludes halogenated alkanes) is 2. The second-order valence-electron chi connectivity index (χ2n) is 4.44. The van der Waals surface area contributed by atoms with Gasteiger partial charge in [-0.1, -0.05) is 50.5 Å². The number of nitrogens with zero attached hydrogens (tertiary/aromatic N) is 1. The van der Waals surface area contributed by atoms with Gasteiger partial charge in [-0.3, -0.25) is 4.98 Å². The lowest BCUT2D eigenvalue weighted by Crippen LogP contribution is -2.00. The first-order valence-corrected chi connectivity index (χ1v) is 6.35. The summed E-state index contributed by atoms with van der Waals surface area (Å²) in [4.78, 5) is 4.50. The van der Waals surface area contributed by atoms with Crippen molar-refractivity contribution in [2.45, 2.75) is 38.7 Å². The van der Waals surface area contributed by atoms with Gasteiger partial charge in [0.05, 0.1) is 17.3 Å². The van der Waals surface area contributed by atoms with Gasteiger partial charge in [0.1, 0.15) is 0 Å². The second-order valence-corrected chi connectivity index (χ2v) is 4.44. The van der Waals surface area contributed by atoms with Crippen LogP contribution in [0.1, 0.15) is 44.4 Å². The molecule has 1 aromatic heterocycles. The van der Waals surface area contributed by atoms with E-state index in [9.17, 15) is 5.11 Å². The van der Waals surface area contributed by atoms with E-state index in [1.807, 2.05) is 36.4 Å². The summed E-state index contributed by atoms with van der Waals surface area (Å²) in [7, 11) is 0. The summed E-state index contributed by atoms with van der Waals surface area (Å²) in [5.74, 6) is 0. The van der Waals surface area contributed by atoms with E-state index in [0.29, 0.717) is 0 Å². The van der Waals surface area contributed by atoms with Crippen LogP contribution in [0.4, 0.5) is 0 Å². The van der Waals surface area contributed by atoms with E-state index in [2.05, 4.69) is 11.9 Å². The number of aliphatic hydroxyl groups excluding tert-OH is 1. The van der Waals surface area contributed by atoms with E-state index in [0.717, 1.165) is 29.4 Å². The molecule has 0 aliphatic carbocycles. The van der Waals surface area contributed by atoms with Gasteiger partial charge in [0.2, 0.25) is 0 Å². The molecular weight excluding hydrogens is 210 g/mol. The number of rotatable bonds is 5. The highest BCUT2D eigenvalue weighted by molar-refractivity contribution is 5.78. The SMILES string of the molecule is CCCCCC(O)c1ccc2ccccc2n1. The second kappa shape index (κ2) is 5.78. The normalized spacial score (nSPS) is 12.8. The van der Waals surface area contributed by atoms with Gasteiger partial charge in [-0.15, -0.1) is 0 Å². The molecule has 0 saturated carbocycles. The Labute approximate surface area is 102 Å². The van der Waals surface area contributed by atoms with E-state index in [1.54, 1.807) is 0 Å². The Morgan fingerprint density at radius 3 is 2.76 bits per heavy atom. The number of pyridine rings is 1. The first-order valence-electron chi connectivity index (χ1n) is 6.35. The Hall–Kier alpha value is -1.41. The van der Waals surface area contributed by atoms with E-state index in [-0.39, 0.29) is 0 Å². The smallest absolute Gasteiger partial charge is 0.0960 e. The minimum atomic E-state index is -0.425. The number of para-hydroxylation sites is 1. The van der Waals surface area contributed by atoms with Gasteiger partial charge in [0, 0.05) is 5.39 Å². The van der Waals surface area contributed by atoms with E-state index >= 15 is 0 Å². The van der Waals surface area contributed by atoms with Crippen LogP contribution in [-0.4, -0.2) is 10.1 Å². The lowest BCUT2D eigenvalue weighted by Gasteiger charge is -2.10. The van der Waals surface area contributed by atoms with Gasteiger partial charge in [-0.25, -0.2) is 0 Å². The topological polar surface area (TPSA) is 33.1 Å². The lowest BCUT2D eigenvalue weighted by atomic mass is 10.1. The molecule has 1 unspecified atom stereocenters. The maximum absolute atomic E-state index is 10.0. The quantitative estimate of drug-likeness (QED) is 0.790. The Balaban J connectivity index is 2.12. The molecule has 2 heteroatoms. The molecule has 0 saturated heterocycles. The Bertz CT molecular complexity index is 481. The first kappa shape index (κ1) is 12.1. The first-order chi connectivity index (χ1) is 8.31. The molecule has 0 spiro atoms. The third kappa shape index (κ3) is 3.04. The molecule has 2 nitrogen and oxygen atoms in total. The van der Waals surface area contributed by atoms with Crippen molar-refractivity contribution in [2.75, 3.05) is 0 Å². The maximum atomic E-state index is 10.0. The monoisotopic (exact) mass is 229 g/mol. The summed E-state index contributed by atoms with van der Waals surface area (Å²) < 4.78 is 0. The largest absolute Gasteiger partial charge is 0.387 e. The van der Waals surface area contributed by atoms with Gasteiger partial charge in [0.15, 0.2) is 0 Å². The molecule has 0 radical (unpaired) electrons. The predicted octanol–water partition coefficient (Wildman–Crippen LogP) is 3.85. The number of hydrogen-bond donors (Lipinski definition) is 1. The number of fused-ring (bicyclic) bond motifs is 1. The Morgan fingerprint density at radius 1 is 1.12 bits per heavy atom. The molecule has 0 fully saturated rings. The molecule has 0 aliphatic heterocycles. The van der Waals surface area contributed by atoms with Crippen LogP contribution in [0.5, 0.6) is 0 Å². The summed E-state index contributed by atoms with van der Waals surface area (Å²) in [6, 6.07) is 12.0. The highest BCUT2D eigenvalue weighted by Gasteiger charge is 2.08. The van der Waals surface area contributed by atoms with Crippen LogP contribution in [0.2, 0.25) is 0 Å². The van der Waals surface area contributed by atoms with Crippen LogP contribution in [0.15, 0.2) is 36.4 Å². The van der Waals surface area contributed by atoms with Crippen molar-refractivity contribution >= 4 is 10.9 Å². The fourth-order valence-corrected chi connectivity index (χ4v) is 2.00. The molecule has 2 rings (SSSR count). The molecule has 1 atom stereocenters. The highest BCUT2D eigenvalue weighted by atomic mass is 16.3. The third-order valence-electron chi connectivity index (χ3n) is 3.04. The summed E-state index contributed by atoms with van der Waals surface area (Å²) in [6.07, 6.45) is 3.79. The fraction of sp³-hybridized carbons (Fsp3) is 0.400. The summed E-state index contributed by atoms with van der Waals surface area (Å²) >= 11 is 0. The zero-order chi connectivity index (χ0) is 12.1.